The summed E-state index contributed by atoms with van der Waals surface area (Å²) >= 11 is 5.91. The molecule has 0 aliphatic carbocycles. The first-order chi connectivity index (χ1) is 7.90. The molecule has 0 unspecified atom stereocenters. The molecule has 2 rings (SSSR count). The van der Waals surface area contributed by atoms with E-state index in [2.05, 4.69) is 46.1 Å². The third-order valence-electron chi connectivity index (χ3n) is 2.60. The second-order valence-corrected chi connectivity index (χ2v) is 7.07. The van der Waals surface area contributed by atoms with Crippen molar-refractivity contribution in [1.82, 2.24) is 10.3 Å². The maximum atomic E-state index is 4.42. The van der Waals surface area contributed by atoms with Gasteiger partial charge < -0.3 is 5.32 Å². The van der Waals surface area contributed by atoms with Crippen molar-refractivity contribution in [3.8, 4) is 0 Å². The Balaban J connectivity index is 1.90. The standard InChI is InChI=1S/C11H18N2S3/c1-2-10(11-12-3-4-16-11)13-9-7-14-5-6-15-8-9/h3-4,9-10,13H,2,5-8H2,1H3/t10-/m0/s1. The molecule has 0 radical (unpaired) electrons. The summed E-state index contributed by atoms with van der Waals surface area (Å²) in [4.78, 5) is 4.42. The van der Waals surface area contributed by atoms with E-state index in [1.54, 1.807) is 11.3 Å². The van der Waals surface area contributed by atoms with E-state index in [0.29, 0.717) is 12.1 Å². The molecule has 90 valence electrons. The van der Waals surface area contributed by atoms with E-state index in [1.165, 1.54) is 28.0 Å². The first kappa shape index (κ1) is 12.7. The highest BCUT2D eigenvalue weighted by molar-refractivity contribution is 8.03. The summed E-state index contributed by atoms with van der Waals surface area (Å²) < 4.78 is 0. The second-order valence-electron chi connectivity index (χ2n) is 3.84. The van der Waals surface area contributed by atoms with Gasteiger partial charge in [-0.25, -0.2) is 4.98 Å². The lowest BCUT2D eigenvalue weighted by Gasteiger charge is -2.21. The third kappa shape index (κ3) is 3.65. The molecule has 0 saturated carbocycles. The summed E-state index contributed by atoms with van der Waals surface area (Å²) in [5, 5.41) is 7.06. The van der Waals surface area contributed by atoms with E-state index in [9.17, 15) is 0 Å². The Morgan fingerprint density at radius 3 is 2.75 bits per heavy atom. The second kappa shape index (κ2) is 6.89. The van der Waals surface area contributed by atoms with Crippen LogP contribution in [-0.2, 0) is 0 Å². The summed E-state index contributed by atoms with van der Waals surface area (Å²) in [6, 6.07) is 1.09. The van der Waals surface area contributed by atoms with E-state index in [4.69, 9.17) is 0 Å². The van der Waals surface area contributed by atoms with Crippen LogP contribution in [0.5, 0.6) is 0 Å². The number of rotatable bonds is 4. The number of hydrogen-bond acceptors (Lipinski definition) is 5. The van der Waals surface area contributed by atoms with Crippen molar-refractivity contribution in [2.45, 2.75) is 25.4 Å². The van der Waals surface area contributed by atoms with Crippen LogP contribution >= 0.6 is 34.9 Å². The Bertz CT molecular complexity index is 281. The Hall–Kier alpha value is 0.290. The molecule has 1 aromatic rings. The van der Waals surface area contributed by atoms with E-state index < -0.39 is 0 Å². The zero-order valence-corrected chi connectivity index (χ0v) is 12.0. The minimum absolute atomic E-state index is 0.448. The van der Waals surface area contributed by atoms with Crippen LogP contribution in [0.15, 0.2) is 11.6 Å². The fourth-order valence-corrected chi connectivity index (χ4v) is 4.97. The zero-order valence-electron chi connectivity index (χ0n) is 9.52. The van der Waals surface area contributed by atoms with Crippen LogP contribution in [0.25, 0.3) is 0 Å². The van der Waals surface area contributed by atoms with Crippen LogP contribution in [0.4, 0.5) is 0 Å². The predicted molar refractivity (Wildman–Crippen MR) is 76.7 cm³/mol. The molecule has 2 nitrogen and oxygen atoms in total. The summed E-state index contributed by atoms with van der Waals surface area (Å²) in [6.07, 6.45) is 3.03. The zero-order chi connectivity index (χ0) is 11.2. The summed E-state index contributed by atoms with van der Waals surface area (Å²) in [6.45, 7) is 2.23. The maximum absolute atomic E-state index is 4.42. The van der Waals surface area contributed by atoms with Gasteiger partial charge in [-0.1, -0.05) is 6.92 Å². The molecule has 1 aromatic heterocycles. The normalized spacial score (nSPS) is 20.6. The van der Waals surface area contributed by atoms with Crippen molar-refractivity contribution in [1.29, 1.82) is 0 Å². The molecule has 2 heterocycles. The van der Waals surface area contributed by atoms with Crippen molar-refractivity contribution in [2.24, 2.45) is 0 Å². The van der Waals surface area contributed by atoms with Crippen LogP contribution in [0, 0.1) is 0 Å². The highest BCUT2D eigenvalue weighted by Gasteiger charge is 2.18. The highest BCUT2D eigenvalue weighted by Crippen LogP contribution is 2.23. The average Bonchev–Trinajstić information content (AvgIpc) is 2.71. The molecule has 0 aromatic carbocycles. The molecule has 0 bridgehead atoms. The van der Waals surface area contributed by atoms with Gasteiger partial charge in [0.05, 0.1) is 6.04 Å². The lowest BCUT2D eigenvalue weighted by Crippen LogP contribution is -2.36. The topological polar surface area (TPSA) is 24.9 Å². The van der Waals surface area contributed by atoms with E-state index in [0.717, 1.165) is 6.42 Å². The molecule has 16 heavy (non-hydrogen) atoms. The minimum atomic E-state index is 0.448. The van der Waals surface area contributed by atoms with Crippen LogP contribution in [-0.4, -0.2) is 34.0 Å². The summed E-state index contributed by atoms with van der Waals surface area (Å²) in [5.74, 6) is 5.09. The van der Waals surface area contributed by atoms with Gasteiger partial charge in [-0.15, -0.1) is 11.3 Å². The van der Waals surface area contributed by atoms with Crippen molar-refractivity contribution in [3.05, 3.63) is 16.6 Å². The number of hydrogen-bond donors (Lipinski definition) is 1. The molecule has 1 fully saturated rings. The first-order valence-corrected chi connectivity index (χ1v) is 8.90. The maximum Gasteiger partial charge on any atom is 0.109 e. The Morgan fingerprint density at radius 2 is 2.19 bits per heavy atom. The van der Waals surface area contributed by atoms with Gasteiger partial charge in [0, 0.05) is 40.6 Å². The summed E-state index contributed by atoms with van der Waals surface area (Å²) in [5.41, 5.74) is 0. The van der Waals surface area contributed by atoms with Crippen LogP contribution in [0.2, 0.25) is 0 Å². The largest absolute Gasteiger partial charge is 0.303 e. The number of thiazole rings is 1. The van der Waals surface area contributed by atoms with Gasteiger partial charge in [0.25, 0.3) is 0 Å². The van der Waals surface area contributed by atoms with Crippen LogP contribution in [0.1, 0.15) is 24.4 Å². The molecule has 1 aliphatic rings. The highest BCUT2D eigenvalue weighted by atomic mass is 32.2. The average molecular weight is 274 g/mol. The number of nitrogens with zero attached hydrogens (tertiary/aromatic N) is 1. The molecule has 1 N–H and O–H groups in total. The van der Waals surface area contributed by atoms with Gasteiger partial charge in [0.2, 0.25) is 0 Å². The van der Waals surface area contributed by atoms with Crippen molar-refractivity contribution < 1.29 is 0 Å². The molecule has 0 spiro atoms. The molecule has 0 amide bonds. The van der Waals surface area contributed by atoms with Gasteiger partial charge in [-0.05, 0) is 6.42 Å². The third-order valence-corrected chi connectivity index (χ3v) is 6.01. The lowest BCUT2D eigenvalue weighted by atomic mass is 10.2. The number of thioether (sulfide) groups is 2. The Labute approximate surface area is 110 Å². The fraction of sp³-hybridized carbons (Fsp3) is 0.727. The molecule has 1 atom stereocenters. The van der Waals surface area contributed by atoms with Gasteiger partial charge in [-0.3, -0.25) is 0 Å². The van der Waals surface area contributed by atoms with Gasteiger partial charge in [0.1, 0.15) is 5.01 Å². The molecule has 5 heteroatoms. The van der Waals surface area contributed by atoms with Crippen molar-refractivity contribution >= 4 is 34.9 Å². The van der Waals surface area contributed by atoms with E-state index >= 15 is 0 Å². The Kier molecular flexibility index (Phi) is 5.48. The van der Waals surface area contributed by atoms with Gasteiger partial charge in [0.15, 0.2) is 0 Å². The Morgan fingerprint density at radius 1 is 1.44 bits per heavy atom. The van der Waals surface area contributed by atoms with E-state index in [1.807, 2.05) is 6.20 Å². The number of nitrogens with one attached hydrogen (secondary N) is 1. The van der Waals surface area contributed by atoms with Gasteiger partial charge in [-0.2, -0.15) is 23.5 Å². The molecule has 1 saturated heterocycles. The van der Waals surface area contributed by atoms with Crippen LogP contribution < -0.4 is 5.32 Å². The fourth-order valence-electron chi connectivity index (χ4n) is 1.77. The quantitative estimate of drug-likeness (QED) is 0.912. The predicted octanol–water partition coefficient (Wildman–Crippen LogP) is 3.03. The molecule has 1 aliphatic heterocycles. The number of aromatic nitrogens is 1. The van der Waals surface area contributed by atoms with E-state index in [-0.39, 0.29) is 0 Å². The van der Waals surface area contributed by atoms with Crippen LogP contribution in [0.3, 0.4) is 0 Å². The smallest absolute Gasteiger partial charge is 0.109 e. The molecular weight excluding hydrogens is 256 g/mol. The first-order valence-electron chi connectivity index (χ1n) is 5.71. The van der Waals surface area contributed by atoms with Gasteiger partial charge >= 0.3 is 0 Å². The van der Waals surface area contributed by atoms with Crippen molar-refractivity contribution in [2.75, 3.05) is 23.0 Å². The lowest BCUT2D eigenvalue weighted by molar-refractivity contribution is 0.473. The minimum Gasteiger partial charge on any atom is -0.303 e. The van der Waals surface area contributed by atoms with Crippen molar-refractivity contribution in [3.63, 3.8) is 0 Å². The SMILES string of the molecule is CC[C@H](NC1CSCCSC1)c1nccs1. The monoisotopic (exact) mass is 274 g/mol. The summed E-state index contributed by atoms with van der Waals surface area (Å²) in [7, 11) is 0. The molecular formula is C11H18N2S3.